The van der Waals surface area contributed by atoms with E-state index >= 15 is 0 Å². The molecule has 1 aromatic rings. The topological polar surface area (TPSA) is 58.6 Å². The normalized spacial score (nSPS) is 22.6. The Morgan fingerprint density at radius 1 is 1.35 bits per heavy atom. The maximum atomic E-state index is 11.4. The van der Waals surface area contributed by atoms with Gasteiger partial charge in [-0.2, -0.15) is 0 Å². The minimum Gasteiger partial charge on any atom is -0.446 e. The van der Waals surface area contributed by atoms with E-state index in [1.54, 1.807) is 0 Å². The van der Waals surface area contributed by atoms with Gasteiger partial charge in [0.25, 0.3) is 0 Å². The molecule has 0 spiro atoms. The van der Waals surface area contributed by atoms with Crippen molar-refractivity contribution in [3.63, 3.8) is 0 Å². The fourth-order valence-corrected chi connectivity index (χ4v) is 1.88. The van der Waals surface area contributed by atoms with Crippen molar-refractivity contribution in [3.8, 4) is 0 Å². The van der Waals surface area contributed by atoms with Crippen molar-refractivity contribution in [2.45, 2.75) is 25.5 Å². The van der Waals surface area contributed by atoms with Crippen molar-refractivity contribution in [1.82, 2.24) is 5.32 Å². The number of aliphatic hydroxyl groups excluding tert-OH is 1. The minimum absolute atomic E-state index is 0.0251. The van der Waals surface area contributed by atoms with Crippen LogP contribution in [0, 0.1) is 5.92 Å². The Labute approximate surface area is 101 Å². The molecule has 0 aliphatic heterocycles. The van der Waals surface area contributed by atoms with Crippen LogP contribution < -0.4 is 5.32 Å². The van der Waals surface area contributed by atoms with E-state index in [2.05, 4.69) is 5.32 Å². The average molecular weight is 235 g/mol. The molecule has 1 aliphatic rings. The molecule has 92 valence electrons. The molecular formula is C13H17NO3. The predicted octanol–water partition coefficient (Wildman–Crippen LogP) is 1.68. The van der Waals surface area contributed by atoms with Crippen LogP contribution in [0.15, 0.2) is 30.3 Å². The number of ether oxygens (including phenoxy) is 1. The SMILES string of the molecule is O=C(NCc1ccccc1)OC1CC(CO)C1. The smallest absolute Gasteiger partial charge is 0.407 e. The van der Waals surface area contributed by atoms with E-state index in [4.69, 9.17) is 9.84 Å². The van der Waals surface area contributed by atoms with Gasteiger partial charge in [-0.1, -0.05) is 30.3 Å². The van der Waals surface area contributed by atoms with Crippen LogP contribution in [0.1, 0.15) is 18.4 Å². The van der Waals surface area contributed by atoms with Crippen LogP contribution in [0.5, 0.6) is 0 Å². The molecule has 1 aromatic carbocycles. The number of alkyl carbamates (subject to hydrolysis) is 1. The van der Waals surface area contributed by atoms with Crippen LogP contribution in [0.25, 0.3) is 0 Å². The van der Waals surface area contributed by atoms with Crippen molar-refractivity contribution < 1.29 is 14.6 Å². The van der Waals surface area contributed by atoms with Crippen molar-refractivity contribution in [2.24, 2.45) is 5.92 Å². The van der Waals surface area contributed by atoms with Gasteiger partial charge in [-0.3, -0.25) is 0 Å². The maximum absolute atomic E-state index is 11.4. The maximum Gasteiger partial charge on any atom is 0.407 e. The zero-order chi connectivity index (χ0) is 12.1. The van der Waals surface area contributed by atoms with Crippen LogP contribution in [0.4, 0.5) is 4.79 Å². The summed E-state index contributed by atoms with van der Waals surface area (Å²) in [6.45, 7) is 0.668. The van der Waals surface area contributed by atoms with Gasteiger partial charge in [0.2, 0.25) is 0 Å². The molecule has 4 nitrogen and oxygen atoms in total. The minimum atomic E-state index is -0.379. The second-order valence-corrected chi connectivity index (χ2v) is 4.39. The van der Waals surface area contributed by atoms with Crippen LogP contribution in [0.3, 0.4) is 0 Å². The van der Waals surface area contributed by atoms with Crippen molar-refractivity contribution in [1.29, 1.82) is 0 Å². The molecule has 2 N–H and O–H groups in total. The van der Waals surface area contributed by atoms with Gasteiger partial charge in [-0.15, -0.1) is 0 Å². The predicted molar refractivity (Wildman–Crippen MR) is 63.4 cm³/mol. The molecule has 0 radical (unpaired) electrons. The second-order valence-electron chi connectivity index (χ2n) is 4.39. The molecule has 1 fully saturated rings. The molecular weight excluding hydrogens is 218 g/mol. The lowest BCUT2D eigenvalue weighted by molar-refractivity contribution is -0.00250. The summed E-state index contributed by atoms with van der Waals surface area (Å²) in [5, 5.41) is 11.5. The van der Waals surface area contributed by atoms with Crippen LogP contribution in [-0.2, 0) is 11.3 Å². The summed E-state index contributed by atoms with van der Waals surface area (Å²) in [6, 6.07) is 9.70. The molecule has 0 atom stereocenters. The van der Waals surface area contributed by atoms with Gasteiger partial charge in [0.05, 0.1) is 0 Å². The Morgan fingerprint density at radius 2 is 2.06 bits per heavy atom. The molecule has 1 saturated carbocycles. The zero-order valence-corrected chi connectivity index (χ0v) is 9.63. The van der Waals surface area contributed by atoms with E-state index in [1.165, 1.54) is 0 Å². The van der Waals surface area contributed by atoms with Gasteiger partial charge in [-0.05, 0) is 24.3 Å². The summed E-state index contributed by atoms with van der Waals surface area (Å²) < 4.78 is 5.18. The van der Waals surface area contributed by atoms with Gasteiger partial charge in [0.15, 0.2) is 0 Å². The first-order chi connectivity index (χ1) is 8.28. The van der Waals surface area contributed by atoms with E-state index in [0.29, 0.717) is 12.5 Å². The third kappa shape index (κ3) is 3.46. The molecule has 4 heteroatoms. The third-order valence-corrected chi connectivity index (χ3v) is 3.00. The zero-order valence-electron chi connectivity index (χ0n) is 9.63. The first-order valence-electron chi connectivity index (χ1n) is 5.87. The quantitative estimate of drug-likeness (QED) is 0.834. The monoisotopic (exact) mass is 235 g/mol. The number of amides is 1. The Hall–Kier alpha value is -1.55. The molecule has 17 heavy (non-hydrogen) atoms. The first kappa shape index (κ1) is 11.9. The Bertz CT molecular complexity index is 360. The molecule has 0 aromatic heterocycles. The number of rotatable bonds is 4. The van der Waals surface area contributed by atoms with Gasteiger partial charge in [0.1, 0.15) is 6.10 Å². The molecule has 1 amide bonds. The lowest BCUT2D eigenvalue weighted by Gasteiger charge is -2.33. The number of aliphatic hydroxyl groups is 1. The van der Waals surface area contributed by atoms with Crippen LogP contribution in [-0.4, -0.2) is 23.9 Å². The summed E-state index contributed by atoms with van der Waals surface area (Å²) in [5.74, 6) is 0.307. The van der Waals surface area contributed by atoms with Crippen molar-refractivity contribution >= 4 is 6.09 Å². The highest BCUT2D eigenvalue weighted by Crippen LogP contribution is 2.29. The summed E-state index contributed by atoms with van der Waals surface area (Å²) >= 11 is 0. The van der Waals surface area contributed by atoms with Crippen molar-refractivity contribution in [2.75, 3.05) is 6.61 Å². The lowest BCUT2D eigenvalue weighted by atomic mass is 9.83. The number of carbonyl (C=O) groups is 1. The number of hydrogen-bond acceptors (Lipinski definition) is 3. The fourth-order valence-electron chi connectivity index (χ4n) is 1.88. The Morgan fingerprint density at radius 3 is 2.71 bits per heavy atom. The molecule has 1 aliphatic carbocycles. The first-order valence-corrected chi connectivity index (χ1v) is 5.87. The van der Waals surface area contributed by atoms with E-state index < -0.39 is 0 Å². The van der Waals surface area contributed by atoms with Crippen LogP contribution in [0.2, 0.25) is 0 Å². The largest absolute Gasteiger partial charge is 0.446 e. The summed E-state index contributed by atoms with van der Waals surface area (Å²) in [5.41, 5.74) is 1.05. The molecule has 0 bridgehead atoms. The van der Waals surface area contributed by atoms with E-state index in [0.717, 1.165) is 18.4 Å². The Kier molecular flexibility index (Phi) is 3.98. The average Bonchev–Trinajstić information content (AvgIpc) is 2.32. The van der Waals surface area contributed by atoms with E-state index in [-0.39, 0.29) is 18.8 Å². The fraction of sp³-hybridized carbons (Fsp3) is 0.462. The molecule has 0 heterocycles. The van der Waals surface area contributed by atoms with Gasteiger partial charge in [-0.25, -0.2) is 4.79 Å². The second kappa shape index (κ2) is 5.68. The molecule has 0 unspecified atom stereocenters. The molecule has 0 saturated heterocycles. The Balaban J connectivity index is 1.65. The summed E-state index contributed by atoms with van der Waals surface area (Å²) in [4.78, 5) is 11.4. The number of hydrogen-bond donors (Lipinski definition) is 2. The number of nitrogens with one attached hydrogen (secondary N) is 1. The number of carbonyl (C=O) groups excluding carboxylic acids is 1. The summed E-state index contributed by atoms with van der Waals surface area (Å²) in [7, 11) is 0. The van der Waals surface area contributed by atoms with E-state index in [1.807, 2.05) is 30.3 Å². The highest BCUT2D eigenvalue weighted by atomic mass is 16.6. The highest BCUT2D eigenvalue weighted by Gasteiger charge is 2.31. The van der Waals surface area contributed by atoms with E-state index in [9.17, 15) is 4.79 Å². The summed E-state index contributed by atoms with van der Waals surface area (Å²) in [6.07, 6.45) is 1.14. The third-order valence-electron chi connectivity index (χ3n) is 3.00. The molecule has 2 rings (SSSR count). The highest BCUT2D eigenvalue weighted by molar-refractivity contribution is 5.67. The van der Waals surface area contributed by atoms with Crippen LogP contribution >= 0.6 is 0 Å². The number of benzene rings is 1. The lowest BCUT2D eigenvalue weighted by Crippen LogP contribution is -2.38. The standard InChI is InChI=1S/C13H17NO3/c15-9-11-6-12(7-11)17-13(16)14-8-10-4-2-1-3-5-10/h1-5,11-12,15H,6-9H2,(H,14,16). The van der Waals surface area contributed by atoms with Gasteiger partial charge >= 0.3 is 6.09 Å². The van der Waals surface area contributed by atoms with Crippen molar-refractivity contribution in [3.05, 3.63) is 35.9 Å². The van der Waals surface area contributed by atoms with Gasteiger partial charge in [0, 0.05) is 13.2 Å². The van der Waals surface area contributed by atoms with Gasteiger partial charge < -0.3 is 15.2 Å².